The molecule has 0 rings (SSSR count). The molecule has 0 aromatic carbocycles. The van der Waals surface area contributed by atoms with Gasteiger partial charge in [-0.05, 0) is 6.42 Å². The summed E-state index contributed by atoms with van der Waals surface area (Å²) in [5.74, 6) is -0.407. The second-order valence-electron chi connectivity index (χ2n) is 3.93. The van der Waals surface area contributed by atoms with E-state index in [-0.39, 0.29) is 18.4 Å². The van der Waals surface area contributed by atoms with Crippen molar-refractivity contribution in [1.29, 1.82) is 0 Å². The maximum Gasteiger partial charge on any atom is 0.239 e. The van der Waals surface area contributed by atoms with E-state index in [2.05, 4.69) is 5.32 Å². The molecule has 0 saturated heterocycles. The molecule has 0 heterocycles. The van der Waals surface area contributed by atoms with Crippen molar-refractivity contribution in [2.75, 3.05) is 33.9 Å². The third-order valence-corrected chi connectivity index (χ3v) is 2.30. The summed E-state index contributed by atoms with van der Waals surface area (Å²) in [6.45, 7) is 2.89. The van der Waals surface area contributed by atoms with Gasteiger partial charge in [-0.3, -0.25) is 9.59 Å². The molecule has 2 amide bonds. The summed E-state index contributed by atoms with van der Waals surface area (Å²) in [5, 5.41) is 2.64. The monoisotopic (exact) mass is 245 g/mol. The van der Waals surface area contributed by atoms with E-state index in [1.807, 2.05) is 6.92 Å². The minimum atomic E-state index is -0.517. The third-order valence-electron chi connectivity index (χ3n) is 2.30. The normalized spacial score (nSPS) is 12.0. The second kappa shape index (κ2) is 8.95. The quantitative estimate of drug-likeness (QED) is 0.556. The molecule has 3 N–H and O–H groups in total. The van der Waals surface area contributed by atoms with Gasteiger partial charge < -0.3 is 20.7 Å². The van der Waals surface area contributed by atoms with Crippen molar-refractivity contribution in [2.24, 2.45) is 5.73 Å². The van der Waals surface area contributed by atoms with Crippen LogP contribution in [0.2, 0.25) is 0 Å². The van der Waals surface area contributed by atoms with Gasteiger partial charge in [0, 0.05) is 20.7 Å². The van der Waals surface area contributed by atoms with Gasteiger partial charge in [-0.2, -0.15) is 0 Å². The minimum Gasteiger partial charge on any atom is -0.383 e. The number of carbonyl (C=O) groups excluding carboxylic acids is 2. The molecule has 0 aliphatic rings. The van der Waals surface area contributed by atoms with Crippen LogP contribution in [0, 0.1) is 0 Å². The Hall–Kier alpha value is -1.14. The van der Waals surface area contributed by atoms with Crippen LogP contribution >= 0.6 is 0 Å². The molecular formula is C11H23N3O3. The summed E-state index contributed by atoms with van der Waals surface area (Å²) >= 11 is 0. The Balaban J connectivity index is 3.94. The van der Waals surface area contributed by atoms with E-state index in [0.29, 0.717) is 19.6 Å². The maximum absolute atomic E-state index is 11.7. The highest BCUT2D eigenvalue weighted by molar-refractivity contribution is 5.87. The first kappa shape index (κ1) is 15.9. The van der Waals surface area contributed by atoms with Crippen molar-refractivity contribution >= 4 is 11.8 Å². The summed E-state index contributed by atoms with van der Waals surface area (Å²) < 4.78 is 4.80. The van der Waals surface area contributed by atoms with Crippen molar-refractivity contribution < 1.29 is 14.3 Å². The Morgan fingerprint density at radius 2 is 2.12 bits per heavy atom. The molecule has 1 atom stereocenters. The number of methoxy groups -OCH3 is 1. The first-order valence-electron chi connectivity index (χ1n) is 5.79. The van der Waals surface area contributed by atoms with Gasteiger partial charge in [-0.1, -0.05) is 13.3 Å². The molecule has 0 fully saturated rings. The number of rotatable bonds is 8. The Bertz CT molecular complexity index is 246. The van der Waals surface area contributed by atoms with Gasteiger partial charge in [0.2, 0.25) is 11.8 Å². The van der Waals surface area contributed by atoms with Gasteiger partial charge in [0.25, 0.3) is 0 Å². The van der Waals surface area contributed by atoms with Crippen LogP contribution in [0.15, 0.2) is 0 Å². The zero-order valence-corrected chi connectivity index (χ0v) is 10.9. The van der Waals surface area contributed by atoms with Gasteiger partial charge in [0.05, 0.1) is 19.2 Å². The van der Waals surface area contributed by atoms with Crippen molar-refractivity contribution in [1.82, 2.24) is 10.2 Å². The van der Waals surface area contributed by atoms with Crippen LogP contribution < -0.4 is 11.1 Å². The van der Waals surface area contributed by atoms with Gasteiger partial charge in [0.1, 0.15) is 0 Å². The fraction of sp³-hybridized carbons (Fsp3) is 0.818. The van der Waals surface area contributed by atoms with Crippen molar-refractivity contribution in [2.45, 2.75) is 25.8 Å². The predicted molar refractivity (Wildman–Crippen MR) is 65.4 cm³/mol. The second-order valence-corrected chi connectivity index (χ2v) is 3.93. The van der Waals surface area contributed by atoms with Crippen molar-refractivity contribution in [3.05, 3.63) is 0 Å². The van der Waals surface area contributed by atoms with Gasteiger partial charge in [-0.15, -0.1) is 0 Å². The van der Waals surface area contributed by atoms with Gasteiger partial charge in [0.15, 0.2) is 0 Å². The van der Waals surface area contributed by atoms with Crippen LogP contribution in [-0.4, -0.2) is 56.6 Å². The number of amides is 2. The van der Waals surface area contributed by atoms with Crippen LogP contribution in [0.1, 0.15) is 19.8 Å². The molecule has 0 unspecified atom stereocenters. The number of nitrogens with two attached hydrogens (primary N) is 1. The van der Waals surface area contributed by atoms with E-state index >= 15 is 0 Å². The zero-order valence-electron chi connectivity index (χ0n) is 10.9. The number of likely N-dealkylation sites (N-methyl/N-ethyl adjacent to an activating group) is 1. The molecule has 0 bridgehead atoms. The number of hydrogen-bond donors (Lipinski definition) is 2. The molecule has 100 valence electrons. The summed E-state index contributed by atoms with van der Waals surface area (Å²) in [4.78, 5) is 24.5. The maximum atomic E-state index is 11.7. The smallest absolute Gasteiger partial charge is 0.239 e. The van der Waals surface area contributed by atoms with Crippen LogP contribution in [0.25, 0.3) is 0 Å². The Kier molecular flexibility index (Phi) is 8.35. The average Bonchev–Trinajstić information content (AvgIpc) is 2.28. The molecule has 0 aromatic rings. The number of carbonyl (C=O) groups is 2. The highest BCUT2D eigenvalue weighted by Gasteiger charge is 2.18. The summed E-state index contributed by atoms with van der Waals surface area (Å²) in [6, 6.07) is -0.517. The van der Waals surface area contributed by atoms with Crippen LogP contribution in [0.3, 0.4) is 0 Å². The minimum absolute atomic E-state index is 0.0277. The summed E-state index contributed by atoms with van der Waals surface area (Å²) in [6.07, 6.45) is 1.48. The van der Waals surface area contributed by atoms with E-state index in [1.165, 1.54) is 4.90 Å². The van der Waals surface area contributed by atoms with E-state index < -0.39 is 6.04 Å². The SMILES string of the molecule is CCC[C@@H](N)C(=O)N(C)CC(=O)NCCOC. The van der Waals surface area contributed by atoms with Crippen LogP contribution in [0.4, 0.5) is 0 Å². The molecular weight excluding hydrogens is 222 g/mol. The first-order valence-corrected chi connectivity index (χ1v) is 5.79. The molecule has 6 heteroatoms. The molecule has 0 radical (unpaired) electrons. The third kappa shape index (κ3) is 6.91. The molecule has 0 aliphatic heterocycles. The lowest BCUT2D eigenvalue weighted by molar-refractivity contribution is -0.135. The Labute approximate surface area is 102 Å². The number of ether oxygens (including phenoxy) is 1. The van der Waals surface area contributed by atoms with Crippen LogP contribution in [-0.2, 0) is 14.3 Å². The first-order chi connectivity index (χ1) is 8.02. The van der Waals surface area contributed by atoms with E-state index in [4.69, 9.17) is 10.5 Å². The number of nitrogens with one attached hydrogen (secondary N) is 1. The van der Waals surface area contributed by atoms with E-state index in [0.717, 1.165) is 6.42 Å². The zero-order chi connectivity index (χ0) is 13.3. The Morgan fingerprint density at radius 3 is 2.65 bits per heavy atom. The van der Waals surface area contributed by atoms with Crippen molar-refractivity contribution in [3.8, 4) is 0 Å². The predicted octanol–water partition coefficient (Wildman–Crippen LogP) is -0.665. The van der Waals surface area contributed by atoms with Crippen LogP contribution in [0.5, 0.6) is 0 Å². The number of nitrogens with zero attached hydrogens (tertiary/aromatic N) is 1. The standard InChI is InChI=1S/C11H23N3O3/c1-4-5-9(12)11(16)14(2)8-10(15)13-6-7-17-3/h9H,4-8,12H2,1-3H3,(H,13,15)/t9-/m1/s1. The van der Waals surface area contributed by atoms with E-state index in [9.17, 15) is 9.59 Å². The molecule has 0 spiro atoms. The summed E-state index contributed by atoms with van der Waals surface area (Å²) in [7, 11) is 3.14. The highest BCUT2D eigenvalue weighted by Crippen LogP contribution is 1.97. The Morgan fingerprint density at radius 1 is 1.47 bits per heavy atom. The fourth-order valence-corrected chi connectivity index (χ4v) is 1.36. The largest absolute Gasteiger partial charge is 0.383 e. The topological polar surface area (TPSA) is 84.7 Å². The van der Waals surface area contributed by atoms with Gasteiger partial charge in [-0.25, -0.2) is 0 Å². The van der Waals surface area contributed by atoms with Crippen molar-refractivity contribution in [3.63, 3.8) is 0 Å². The molecule has 6 nitrogen and oxygen atoms in total. The van der Waals surface area contributed by atoms with Gasteiger partial charge >= 0.3 is 0 Å². The lowest BCUT2D eigenvalue weighted by Gasteiger charge is -2.20. The lowest BCUT2D eigenvalue weighted by atomic mass is 10.1. The lowest BCUT2D eigenvalue weighted by Crippen LogP contribution is -2.46. The summed E-state index contributed by atoms with van der Waals surface area (Å²) in [5.41, 5.74) is 5.68. The molecule has 17 heavy (non-hydrogen) atoms. The molecule has 0 aliphatic carbocycles. The average molecular weight is 245 g/mol. The highest BCUT2D eigenvalue weighted by atomic mass is 16.5. The molecule has 0 saturated carbocycles. The number of hydrogen-bond acceptors (Lipinski definition) is 4. The fourth-order valence-electron chi connectivity index (χ4n) is 1.36. The van der Waals surface area contributed by atoms with E-state index in [1.54, 1.807) is 14.2 Å². The molecule has 0 aromatic heterocycles.